The van der Waals surface area contributed by atoms with Crippen LogP contribution in [0.4, 0.5) is 13.6 Å². The number of alkyl halides is 2. The van der Waals surface area contributed by atoms with Crippen molar-refractivity contribution in [3.8, 4) is 0 Å². The second kappa shape index (κ2) is 5.11. The van der Waals surface area contributed by atoms with Crippen LogP contribution in [0.25, 0.3) is 0 Å². The summed E-state index contributed by atoms with van der Waals surface area (Å²) in [4.78, 5) is 18.5. The van der Waals surface area contributed by atoms with E-state index in [1.165, 1.54) is 5.06 Å². The maximum Gasteiger partial charge on any atom is 0.410 e. The van der Waals surface area contributed by atoms with Crippen molar-refractivity contribution in [3.05, 3.63) is 0 Å². The van der Waals surface area contributed by atoms with Crippen LogP contribution in [0.5, 0.6) is 0 Å². The summed E-state index contributed by atoms with van der Waals surface area (Å²) in [5.41, 5.74) is -0.555. The van der Waals surface area contributed by atoms with E-state index in [1.54, 1.807) is 4.90 Å². The van der Waals surface area contributed by atoms with Gasteiger partial charge in [-0.1, -0.05) is 0 Å². The van der Waals surface area contributed by atoms with Gasteiger partial charge >= 0.3 is 12.2 Å². The number of hydrogen-bond donors (Lipinski definition) is 0. The molecule has 2 heterocycles. The summed E-state index contributed by atoms with van der Waals surface area (Å²) >= 11 is 0. The summed E-state index contributed by atoms with van der Waals surface area (Å²) in [5.74, 6) is 0. The molecule has 5 nitrogen and oxygen atoms in total. The highest BCUT2D eigenvalue weighted by atomic mass is 19.3. The van der Waals surface area contributed by atoms with Gasteiger partial charge in [-0.25, -0.2) is 9.63 Å². The van der Waals surface area contributed by atoms with Crippen molar-refractivity contribution < 1.29 is 23.1 Å². The van der Waals surface area contributed by atoms with Gasteiger partial charge in [-0.15, -0.1) is 0 Å². The van der Waals surface area contributed by atoms with Crippen LogP contribution in [-0.4, -0.2) is 52.9 Å². The molecule has 0 aromatic heterocycles. The molecule has 0 aromatic rings. The molecule has 0 saturated carbocycles. The third-order valence-electron chi connectivity index (χ3n) is 3.34. The molecule has 2 unspecified atom stereocenters. The molecule has 2 atom stereocenters. The number of carbonyl (C=O) groups excluding carboxylic acids is 1. The minimum Gasteiger partial charge on any atom is -0.444 e. The predicted octanol–water partition coefficient (Wildman–Crippen LogP) is 2.61. The van der Waals surface area contributed by atoms with Crippen LogP contribution in [0.1, 0.15) is 40.5 Å². The Balaban J connectivity index is 1.98. The average Bonchev–Trinajstić information content (AvgIpc) is 2.46. The summed E-state index contributed by atoms with van der Waals surface area (Å²) in [7, 11) is 0. The molecular weight excluding hydrogens is 270 g/mol. The molecule has 2 fully saturated rings. The van der Waals surface area contributed by atoms with Crippen molar-refractivity contribution >= 4 is 6.09 Å². The number of rotatable bonds is 2. The number of halogens is 2. The molecule has 2 aliphatic rings. The van der Waals surface area contributed by atoms with Crippen LogP contribution in [0.3, 0.4) is 0 Å². The minimum absolute atomic E-state index is 0.119. The number of hydrogen-bond acceptors (Lipinski definition) is 4. The van der Waals surface area contributed by atoms with Gasteiger partial charge in [0.25, 0.3) is 0 Å². The fraction of sp³-hybridized carbons (Fsp3) is 0.923. The van der Waals surface area contributed by atoms with E-state index >= 15 is 0 Å². The number of carbonyl (C=O) groups is 1. The lowest BCUT2D eigenvalue weighted by molar-refractivity contribution is -0.353. The highest BCUT2D eigenvalue weighted by molar-refractivity contribution is 5.69. The first-order chi connectivity index (χ1) is 9.05. The number of hydroxylamine groups is 2. The zero-order valence-corrected chi connectivity index (χ0v) is 12.4. The van der Waals surface area contributed by atoms with Crippen molar-refractivity contribution in [1.82, 2.24) is 9.96 Å². The van der Waals surface area contributed by atoms with Gasteiger partial charge in [-0.05, 0) is 33.6 Å². The number of nitrogens with zero attached hydrogens (tertiary/aromatic N) is 2. The molecular formula is C13H22F2N2O3. The van der Waals surface area contributed by atoms with Gasteiger partial charge in [-0.2, -0.15) is 13.8 Å². The van der Waals surface area contributed by atoms with Crippen molar-refractivity contribution in [2.75, 3.05) is 13.1 Å². The molecule has 0 aromatic carbocycles. The largest absolute Gasteiger partial charge is 0.444 e. The fourth-order valence-electron chi connectivity index (χ4n) is 2.78. The van der Waals surface area contributed by atoms with Gasteiger partial charge < -0.3 is 4.74 Å². The minimum atomic E-state index is -3.19. The lowest BCUT2D eigenvalue weighted by Crippen LogP contribution is -2.57. The van der Waals surface area contributed by atoms with Crippen LogP contribution in [0.2, 0.25) is 0 Å². The van der Waals surface area contributed by atoms with Crippen LogP contribution in [0, 0.1) is 0 Å². The van der Waals surface area contributed by atoms with Gasteiger partial charge in [-0.3, -0.25) is 4.90 Å². The summed E-state index contributed by atoms with van der Waals surface area (Å²) < 4.78 is 31.2. The van der Waals surface area contributed by atoms with Crippen molar-refractivity contribution in [1.29, 1.82) is 0 Å². The second-order valence-corrected chi connectivity index (χ2v) is 6.52. The molecule has 7 heteroatoms. The van der Waals surface area contributed by atoms with Crippen LogP contribution in [0.15, 0.2) is 0 Å². The Bertz CT molecular complexity index is 365. The highest BCUT2D eigenvalue weighted by Gasteiger charge is 2.46. The van der Waals surface area contributed by atoms with Gasteiger partial charge in [0.15, 0.2) is 0 Å². The van der Waals surface area contributed by atoms with E-state index in [2.05, 4.69) is 4.84 Å². The Hall–Kier alpha value is -0.950. The monoisotopic (exact) mass is 292 g/mol. The predicted molar refractivity (Wildman–Crippen MR) is 68.2 cm³/mol. The molecule has 2 rings (SSSR count). The number of piperazine rings is 1. The summed E-state index contributed by atoms with van der Waals surface area (Å²) in [6.07, 6.45) is -1.97. The third-order valence-corrected chi connectivity index (χ3v) is 3.34. The van der Waals surface area contributed by atoms with E-state index in [0.717, 1.165) is 19.8 Å². The van der Waals surface area contributed by atoms with Gasteiger partial charge in [0, 0.05) is 20.0 Å². The Kier molecular flexibility index (Phi) is 3.94. The van der Waals surface area contributed by atoms with Crippen LogP contribution < -0.4 is 0 Å². The van der Waals surface area contributed by atoms with Crippen LogP contribution >= 0.6 is 0 Å². The van der Waals surface area contributed by atoms with Crippen LogP contribution in [-0.2, 0) is 9.57 Å². The molecule has 2 bridgehead atoms. The van der Waals surface area contributed by atoms with Gasteiger partial charge in [0.05, 0.1) is 12.1 Å². The molecule has 2 aliphatic heterocycles. The van der Waals surface area contributed by atoms with Gasteiger partial charge in [0.2, 0.25) is 0 Å². The number of amides is 1. The Morgan fingerprint density at radius 3 is 2.00 bits per heavy atom. The molecule has 0 spiro atoms. The molecule has 116 valence electrons. The van der Waals surface area contributed by atoms with Crippen molar-refractivity contribution in [2.45, 2.75) is 64.3 Å². The molecule has 2 saturated heterocycles. The van der Waals surface area contributed by atoms with E-state index in [1.807, 2.05) is 20.8 Å². The third kappa shape index (κ3) is 3.79. The van der Waals surface area contributed by atoms with E-state index < -0.39 is 11.7 Å². The second-order valence-electron chi connectivity index (χ2n) is 6.52. The molecule has 0 aliphatic carbocycles. The van der Waals surface area contributed by atoms with E-state index in [-0.39, 0.29) is 18.2 Å². The lowest BCUT2D eigenvalue weighted by Gasteiger charge is -2.41. The fourth-order valence-corrected chi connectivity index (χ4v) is 2.78. The maximum absolute atomic E-state index is 12.9. The summed E-state index contributed by atoms with van der Waals surface area (Å²) in [5, 5.41) is 1.27. The quantitative estimate of drug-likeness (QED) is 0.784. The molecule has 0 radical (unpaired) electrons. The van der Waals surface area contributed by atoms with E-state index in [9.17, 15) is 13.6 Å². The Labute approximate surface area is 117 Å². The SMILES string of the molecule is CC(C)(C)OC(=O)N1C2CCC1CN(OC(C)(F)F)C2. The highest BCUT2D eigenvalue weighted by Crippen LogP contribution is 2.33. The number of fused-ring (bicyclic) bond motifs is 2. The Morgan fingerprint density at radius 2 is 1.60 bits per heavy atom. The lowest BCUT2D eigenvalue weighted by atomic mass is 10.2. The van der Waals surface area contributed by atoms with E-state index in [4.69, 9.17) is 4.74 Å². The topological polar surface area (TPSA) is 42.0 Å². The maximum atomic E-state index is 12.9. The Morgan fingerprint density at radius 1 is 1.10 bits per heavy atom. The summed E-state index contributed by atoms with van der Waals surface area (Å²) in [6, 6.07) is -0.239. The zero-order valence-electron chi connectivity index (χ0n) is 12.4. The average molecular weight is 292 g/mol. The zero-order chi connectivity index (χ0) is 15.1. The molecule has 0 N–H and O–H groups in total. The first-order valence-electron chi connectivity index (χ1n) is 6.88. The normalized spacial score (nSPS) is 27.8. The molecule has 1 amide bonds. The van der Waals surface area contributed by atoms with E-state index in [0.29, 0.717) is 13.1 Å². The summed E-state index contributed by atoms with van der Waals surface area (Å²) in [6.45, 7) is 6.73. The standard InChI is InChI=1S/C13H22F2N2O3/c1-12(2,3)19-11(18)17-9-5-6-10(17)8-16(7-9)20-13(4,14)15/h9-10H,5-8H2,1-4H3. The van der Waals surface area contributed by atoms with Crippen molar-refractivity contribution in [2.24, 2.45) is 0 Å². The van der Waals surface area contributed by atoms with Crippen molar-refractivity contribution in [3.63, 3.8) is 0 Å². The first-order valence-corrected chi connectivity index (χ1v) is 6.88. The number of ether oxygens (including phenoxy) is 1. The first kappa shape index (κ1) is 15.4. The smallest absolute Gasteiger partial charge is 0.410 e. The van der Waals surface area contributed by atoms with Gasteiger partial charge in [0.1, 0.15) is 5.60 Å². The molecule has 20 heavy (non-hydrogen) atoms.